The van der Waals surface area contributed by atoms with E-state index in [0.717, 1.165) is 50.3 Å². The van der Waals surface area contributed by atoms with E-state index in [1.165, 1.54) is 11.9 Å². The summed E-state index contributed by atoms with van der Waals surface area (Å²) in [4.78, 5) is 13.8. The van der Waals surface area contributed by atoms with Gasteiger partial charge in [-0.05, 0) is 52.1 Å². The van der Waals surface area contributed by atoms with Crippen molar-refractivity contribution >= 4 is 23.1 Å². The summed E-state index contributed by atoms with van der Waals surface area (Å²) in [5.41, 5.74) is 7.74. The summed E-state index contributed by atoms with van der Waals surface area (Å²) in [6.45, 7) is 0.521. The molecule has 5 aromatic carbocycles. The minimum atomic E-state index is 0.493. The van der Waals surface area contributed by atoms with Gasteiger partial charge in [-0.2, -0.15) is 0 Å². The second kappa shape index (κ2) is 12.0. The van der Waals surface area contributed by atoms with Crippen LogP contribution in [0, 0.1) is 0 Å². The molecule has 2 heterocycles. The average Bonchev–Trinajstić information content (AvgIpc) is 3.49. The first-order chi connectivity index (χ1) is 21.3. The van der Waals surface area contributed by atoms with Gasteiger partial charge in [-0.3, -0.25) is 0 Å². The maximum atomic E-state index is 6.42. The maximum Gasteiger partial charge on any atom is 0.232 e. The highest BCUT2D eigenvalue weighted by Gasteiger charge is 2.22. The molecule has 7 aromatic rings. The lowest BCUT2D eigenvalue weighted by Crippen LogP contribution is -1.95. The van der Waals surface area contributed by atoms with Gasteiger partial charge in [-0.25, -0.2) is 15.0 Å². The Morgan fingerprint density at radius 1 is 0.605 bits per heavy atom. The molecule has 2 aromatic heterocycles. The highest BCUT2D eigenvalue weighted by Crippen LogP contribution is 2.43. The second-order valence-electron chi connectivity index (χ2n) is 10.1. The van der Waals surface area contributed by atoms with Crippen LogP contribution in [-0.4, -0.2) is 16.2 Å². The Kier molecular flexibility index (Phi) is 7.27. The van der Waals surface area contributed by atoms with Gasteiger partial charge in [-0.1, -0.05) is 115 Å². The zero-order valence-electron chi connectivity index (χ0n) is 23.3. The van der Waals surface area contributed by atoms with Crippen LogP contribution in [0.15, 0.2) is 155 Å². The van der Waals surface area contributed by atoms with E-state index < -0.39 is 0 Å². The average molecular weight is 558 g/mol. The number of aromatic nitrogens is 2. The standard InChI is InChI=1S/C38H27N3O2/c1-4-10-28(11-5-1)25-42-33-22-16-27(17-23-33)24-39-37-35-34(31-14-8-3-9-15-31)36(43-38(35)41-26-40-37)32-20-18-30(19-21-32)29-12-6-2-7-13-29/h1-24,26H,25H2. The molecule has 5 heteroatoms. The van der Waals surface area contributed by atoms with Gasteiger partial charge in [0.2, 0.25) is 5.71 Å². The highest BCUT2D eigenvalue weighted by atomic mass is 16.5. The summed E-state index contributed by atoms with van der Waals surface area (Å²) in [6.07, 6.45) is 3.30. The van der Waals surface area contributed by atoms with Crippen LogP contribution in [-0.2, 0) is 6.61 Å². The molecule has 0 bridgehead atoms. The summed E-state index contributed by atoms with van der Waals surface area (Å²) < 4.78 is 12.3. The van der Waals surface area contributed by atoms with Crippen LogP contribution in [0.3, 0.4) is 0 Å². The van der Waals surface area contributed by atoms with Crippen LogP contribution in [0.4, 0.5) is 5.82 Å². The van der Waals surface area contributed by atoms with Crippen molar-refractivity contribution in [2.24, 2.45) is 4.99 Å². The molecule has 0 spiro atoms. The highest BCUT2D eigenvalue weighted by molar-refractivity contribution is 6.06. The Bertz CT molecular complexity index is 1980. The van der Waals surface area contributed by atoms with Crippen molar-refractivity contribution in [3.05, 3.63) is 157 Å². The zero-order valence-corrected chi connectivity index (χ0v) is 23.3. The quantitative estimate of drug-likeness (QED) is 0.175. The number of fused-ring (bicyclic) bond motifs is 1. The predicted molar refractivity (Wildman–Crippen MR) is 173 cm³/mol. The lowest BCUT2D eigenvalue weighted by Gasteiger charge is -2.07. The monoisotopic (exact) mass is 557 g/mol. The second-order valence-corrected chi connectivity index (χ2v) is 10.1. The molecule has 0 radical (unpaired) electrons. The minimum absolute atomic E-state index is 0.493. The van der Waals surface area contributed by atoms with Crippen molar-refractivity contribution in [1.82, 2.24) is 9.97 Å². The number of rotatable bonds is 8. The third-order valence-electron chi connectivity index (χ3n) is 7.25. The first-order valence-corrected chi connectivity index (χ1v) is 14.1. The lowest BCUT2D eigenvalue weighted by atomic mass is 9.97. The van der Waals surface area contributed by atoms with Crippen molar-refractivity contribution in [1.29, 1.82) is 0 Å². The number of benzene rings is 5. The Balaban J connectivity index is 1.22. The number of nitrogens with zero attached hydrogens (tertiary/aromatic N) is 3. The summed E-state index contributed by atoms with van der Waals surface area (Å²) in [7, 11) is 0. The van der Waals surface area contributed by atoms with E-state index in [9.17, 15) is 0 Å². The Hall–Kier alpha value is -5.81. The minimum Gasteiger partial charge on any atom is -0.489 e. The number of ether oxygens (including phenoxy) is 1. The third kappa shape index (κ3) is 5.69. The Morgan fingerprint density at radius 2 is 1.21 bits per heavy atom. The van der Waals surface area contributed by atoms with Gasteiger partial charge in [0, 0.05) is 17.3 Å². The molecule has 7 rings (SSSR count). The number of hydrogen-bond donors (Lipinski definition) is 0. The molecule has 0 atom stereocenters. The molecule has 0 aliphatic rings. The fourth-order valence-electron chi connectivity index (χ4n) is 5.07. The molecule has 0 saturated carbocycles. The van der Waals surface area contributed by atoms with E-state index in [0.29, 0.717) is 18.1 Å². The predicted octanol–water partition coefficient (Wildman–Crippen LogP) is 9.55. The lowest BCUT2D eigenvalue weighted by molar-refractivity contribution is 0.306. The van der Waals surface area contributed by atoms with Crippen LogP contribution in [0.1, 0.15) is 11.1 Å². The van der Waals surface area contributed by atoms with Crippen LogP contribution in [0.25, 0.3) is 44.7 Å². The van der Waals surface area contributed by atoms with Crippen LogP contribution < -0.4 is 4.74 Å². The van der Waals surface area contributed by atoms with E-state index in [1.807, 2.05) is 91.0 Å². The van der Waals surface area contributed by atoms with Gasteiger partial charge in [-0.15, -0.1) is 0 Å². The van der Waals surface area contributed by atoms with Crippen molar-refractivity contribution in [2.75, 3.05) is 0 Å². The van der Waals surface area contributed by atoms with E-state index >= 15 is 0 Å². The van der Waals surface area contributed by atoms with E-state index in [1.54, 1.807) is 6.21 Å². The molecule has 0 fully saturated rings. The fourth-order valence-corrected chi connectivity index (χ4v) is 5.07. The normalized spacial score (nSPS) is 11.3. The molecule has 206 valence electrons. The Labute approximate surface area is 249 Å². The topological polar surface area (TPSA) is 60.5 Å². The number of hydrogen-bond acceptors (Lipinski definition) is 5. The number of furan rings is 1. The molecule has 0 unspecified atom stereocenters. The van der Waals surface area contributed by atoms with E-state index in [-0.39, 0.29) is 0 Å². The van der Waals surface area contributed by atoms with Gasteiger partial charge in [0.1, 0.15) is 24.4 Å². The number of aliphatic imine (C=N–C) groups is 1. The summed E-state index contributed by atoms with van der Waals surface area (Å²) >= 11 is 0. The summed E-state index contributed by atoms with van der Waals surface area (Å²) in [5.74, 6) is 2.08. The molecule has 0 aliphatic heterocycles. The SMILES string of the molecule is C(=Nc1ncnc2oc(-c3ccc(-c4ccccc4)cc3)c(-c3ccccc3)c12)c1ccc(OCc2ccccc2)cc1. The van der Waals surface area contributed by atoms with Crippen molar-refractivity contribution in [3.63, 3.8) is 0 Å². The fraction of sp³-hybridized carbons (Fsp3) is 0.0263. The van der Waals surface area contributed by atoms with Gasteiger partial charge in [0.15, 0.2) is 5.82 Å². The Morgan fingerprint density at radius 3 is 1.91 bits per heavy atom. The van der Waals surface area contributed by atoms with Crippen LogP contribution in [0.2, 0.25) is 0 Å². The molecule has 0 amide bonds. The molecule has 5 nitrogen and oxygen atoms in total. The summed E-state index contributed by atoms with van der Waals surface area (Å²) in [6, 6.07) is 46.9. The molecular weight excluding hydrogens is 530 g/mol. The van der Waals surface area contributed by atoms with Crippen molar-refractivity contribution in [2.45, 2.75) is 6.61 Å². The first-order valence-electron chi connectivity index (χ1n) is 14.1. The van der Waals surface area contributed by atoms with E-state index in [2.05, 4.69) is 58.5 Å². The van der Waals surface area contributed by atoms with Gasteiger partial charge < -0.3 is 9.15 Å². The molecule has 0 aliphatic carbocycles. The molecule has 0 N–H and O–H groups in total. The smallest absolute Gasteiger partial charge is 0.232 e. The maximum absolute atomic E-state index is 6.42. The van der Waals surface area contributed by atoms with Crippen molar-refractivity contribution < 1.29 is 9.15 Å². The van der Waals surface area contributed by atoms with E-state index in [4.69, 9.17) is 14.1 Å². The summed E-state index contributed by atoms with van der Waals surface area (Å²) in [5, 5.41) is 0.773. The van der Waals surface area contributed by atoms with Crippen molar-refractivity contribution in [3.8, 4) is 39.3 Å². The van der Waals surface area contributed by atoms with Crippen LogP contribution >= 0.6 is 0 Å². The molecule has 0 saturated heterocycles. The molecule has 43 heavy (non-hydrogen) atoms. The first kappa shape index (κ1) is 26.1. The van der Waals surface area contributed by atoms with Gasteiger partial charge in [0.05, 0.1) is 5.39 Å². The van der Waals surface area contributed by atoms with Gasteiger partial charge >= 0.3 is 0 Å². The third-order valence-corrected chi connectivity index (χ3v) is 7.25. The van der Waals surface area contributed by atoms with Crippen LogP contribution in [0.5, 0.6) is 5.75 Å². The molecular formula is C38H27N3O2. The largest absolute Gasteiger partial charge is 0.489 e. The van der Waals surface area contributed by atoms with Gasteiger partial charge in [0.25, 0.3) is 0 Å². The zero-order chi connectivity index (χ0) is 28.8.